The van der Waals surface area contributed by atoms with Gasteiger partial charge in [-0.05, 0) is 64.3 Å². The molecule has 1 fully saturated rings. The molecule has 1 saturated carbocycles. The maximum absolute atomic E-state index is 11.7. The van der Waals surface area contributed by atoms with E-state index < -0.39 is 5.72 Å². The summed E-state index contributed by atoms with van der Waals surface area (Å²) in [5.41, 5.74) is 8.82. The lowest BCUT2D eigenvalue weighted by atomic mass is 9.90. The van der Waals surface area contributed by atoms with Crippen LogP contribution in [0, 0.1) is 0 Å². The Kier molecular flexibility index (Phi) is 7.22. The van der Waals surface area contributed by atoms with Crippen LogP contribution in [0.15, 0.2) is 55.0 Å². The van der Waals surface area contributed by atoms with Gasteiger partial charge >= 0.3 is 0 Å². The zero-order valence-electron chi connectivity index (χ0n) is 20.6. The molecule has 5 nitrogen and oxygen atoms in total. The summed E-state index contributed by atoms with van der Waals surface area (Å²) in [7, 11) is 0. The number of aliphatic hydroxyl groups is 1. The second-order valence-electron chi connectivity index (χ2n) is 10.4. The zero-order chi connectivity index (χ0) is 24.3. The standard InChI is InChI=1S/C28H36N4OS/c1-27(2,3)32-28(4,33)23-16-20(22(17-29)24-12-8-9-15-30-24)13-14-21(23)25-18-31-26(34-25)19-10-6-5-7-11-19/h8-9,12-19,32-33H,5-7,10-11,29H2,1-4H3/b22-17-. The zero-order valence-corrected chi connectivity index (χ0v) is 21.5. The van der Waals surface area contributed by atoms with Gasteiger partial charge in [0.2, 0.25) is 0 Å². The second-order valence-corrected chi connectivity index (χ2v) is 11.5. The van der Waals surface area contributed by atoms with Crippen molar-refractivity contribution in [3.8, 4) is 10.4 Å². The molecule has 1 aliphatic carbocycles. The summed E-state index contributed by atoms with van der Waals surface area (Å²) in [6.45, 7) is 7.98. The molecule has 4 rings (SSSR count). The summed E-state index contributed by atoms with van der Waals surface area (Å²) < 4.78 is 0. The van der Waals surface area contributed by atoms with E-state index in [0.717, 1.165) is 32.8 Å². The number of aromatic nitrogens is 2. The Labute approximate surface area is 207 Å². The Morgan fingerprint density at radius 2 is 1.85 bits per heavy atom. The average Bonchev–Trinajstić information content (AvgIpc) is 3.30. The fourth-order valence-electron chi connectivity index (χ4n) is 4.93. The third kappa shape index (κ3) is 5.57. The molecule has 2 heterocycles. The van der Waals surface area contributed by atoms with Gasteiger partial charge in [0, 0.05) is 46.8 Å². The maximum atomic E-state index is 11.7. The molecule has 180 valence electrons. The second kappa shape index (κ2) is 9.98. The molecule has 0 radical (unpaired) electrons. The molecule has 0 saturated heterocycles. The van der Waals surface area contributed by atoms with Crippen molar-refractivity contribution in [2.45, 2.75) is 77.0 Å². The van der Waals surface area contributed by atoms with Gasteiger partial charge in [-0.1, -0.05) is 37.5 Å². The molecule has 1 aromatic carbocycles. The molecule has 1 atom stereocenters. The summed E-state index contributed by atoms with van der Waals surface area (Å²) in [6, 6.07) is 11.9. The van der Waals surface area contributed by atoms with Gasteiger partial charge in [-0.15, -0.1) is 11.3 Å². The molecular formula is C28H36N4OS. The van der Waals surface area contributed by atoms with Crippen LogP contribution in [0.4, 0.5) is 0 Å². The molecule has 0 aliphatic heterocycles. The van der Waals surface area contributed by atoms with Gasteiger partial charge in [0.1, 0.15) is 5.72 Å². The van der Waals surface area contributed by atoms with E-state index in [1.165, 1.54) is 37.1 Å². The van der Waals surface area contributed by atoms with Crippen LogP contribution in [0.2, 0.25) is 0 Å². The van der Waals surface area contributed by atoms with Crippen LogP contribution in [0.3, 0.4) is 0 Å². The Bertz CT molecular complexity index is 1140. The number of benzene rings is 1. The van der Waals surface area contributed by atoms with Gasteiger partial charge in [-0.25, -0.2) is 4.98 Å². The molecular weight excluding hydrogens is 440 g/mol. The van der Waals surface area contributed by atoms with Gasteiger partial charge in [-0.2, -0.15) is 0 Å². The third-order valence-corrected chi connectivity index (χ3v) is 7.52. The first-order valence-corrected chi connectivity index (χ1v) is 13.0. The minimum atomic E-state index is -1.26. The molecule has 34 heavy (non-hydrogen) atoms. The van der Waals surface area contributed by atoms with Gasteiger partial charge < -0.3 is 10.8 Å². The van der Waals surface area contributed by atoms with Crippen molar-refractivity contribution < 1.29 is 5.11 Å². The van der Waals surface area contributed by atoms with Gasteiger partial charge in [0.25, 0.3) is 0 Å². The molecule has 3 aromatic rings. The smallest absolute Gasteiger partial charge is 0.140 e. The van der Waals surface area contributed by atoms with Crippen LogP contribution in [0.1, 0.15) is 87.5 Å². The van der Waals surface area contributed by atoms with Crippen molar-refractivity contribution in [3.63, 3.8) is 0 Å². The fourth-order valence-corrected chi connectivity index (χ4v) is 6.06. The number of thiazole rings is 1. The van der Waals surface area contributed by atoms with Crippen LogP contribution >= 0.6 is 11.3 Å². The van der Waals surface area contributed by atoms with Gasteiger partial charge in [0.05, 0.1) is 15.6 Å². The van der Waals surface area contributed by atoms with Crippen molar-refractivity contribution in [1.29, 1.82) is 0 Å². The van der Waals surface area contributed by atoms with Crippen LogP contribution in [-0.2, 0) is 5.72 Å². The van der Waals surface area contributed by atoms with Crippen LogP contribution in [-0.4, -0.2) is 20.6 Å². The molecule has 2 aromatic heterocycles. The molecule has 1 aliphatic rings. The largest absolute Gasteiger partial charge is 0.404 e. The Morgan fingerprint density at radius 3 is 2.50 bits per heavy atom. The van der Waals surface area contributed by atoms with Crippen molar-refractivity contribution in [1.82, 2.24) is 15.3 Å². The van der Waals surface area contributed by atoms with Crippen molar-refractivity contribution in [2.75, 3.05) is 0 Å². The normalized spacial score (nSPS) is 17.5. The minimum absolute atomic E-state index is 0.286. The molecule has 1 unspecified atom stereocenters. The number of nitrogens with one attached hydrogen (secondary N) is 1. The van der Waals surface area contributed by atoms with Crippen molar-refractivity contribution in [2.24, 2.45) is 5.73 Å². The Balaban J connectivity index is 1.79. The Morgan fingerprint density at radius 1 is 1.09 bits per heavy atom. The number of nitrogens with two attached hydrogens (primary N) is 1. The highest BCUT2D eigenvalue weighted by molar-refractivity contribution is 7.15. The molecule has 0 bridgehead atoms. The van der Waals surface area contributed by atoms with Gasteiger partial charge in [-0.3, -0.25) is 10.3 Å². The number of rotatable bonds is 6. The van der Waals surface area contributed by atoms with E-state index in [9.17, 15) is 5.11 Å². The van der Waals surface area contributed by atoms with Crippen molar-refractivity contribution in [3.05, 3.63) is 76.8 Å². The maximum Gasteiger partial charge on any atom is 0.140 e. The lowest BCUT2D eigenvalue weighted by molar-refractivity contribution is -0.00365. The summed E-state index contributed by atoms with van der Waals surface area (Å²) in [5.74, 6) is 0.555. The van der Waals surface area contributed by atoms with E-state index in [4.69, 9.17) is 10.7 Å². The SMILES string of the molecule is CC(C)(C)NC(C)(O)c1cc(/C(=C/N)c2ccccn2)ccc1-c1cnc(C2CCCCC2)s1. The van der Waals surface area contributed by atoms with Crippen molar-refractivity contribution >= 4 is 16.9 Å². The topological polar surface area (TPSA) is 84.1 Å². The highest BCUT2D eigenvalue weighted by Gasteiger charge is 2.32. The van der Waals surface area contributed by atoms with E-state index in [-0.39, 0.29) is 5.54 Å². The first-order chi connectivity index (χ1) is 16.2. The summed E-state index contributed by atoms with van der Waals surface area (Å²) >= 11 is 1.76. The molecule has 4 N–H and O–H groups in total. The third-order valence-electron chi connectivity index (χ3n) is 6.32. The van der Waals surface area contributed by atoms with Crippen LogP contribution < -0.4 is 11.1 Å². The van der Waals surface area contributed by atoms with Crippen LogP contribution in [0.5, 0.6) is 0 Å². The number of hydrogen-bond donors (Lipinski definition) is 3. The van der Waals surface area contributed by atoms with E-state index in [0.29, 0.717) is 5.92 Å². The van der Waals surface area contributed by atoms with E-state index >= 15 is 0 Å². The first-order valence-electron chi connectivity index (χ1n) is 12.1. The van der Waals surface area contributed by atoms with Crippen LogP contribution in [0.25, 0.3) is 16.0 Å². The monoisotopic (exact) mass is 476 g/mol. The predicted octanol–water partition coefficient (Wildman–Crippen LogP) is 6.15. The fraction of sp³-hybridized carbons (Fsp3) is 0.429. The number of pyridine rings is 1. The Hall–Kier alpha value is -2.54. The molecule has 6 heteroatoms. The predicted molar refractivity (Wildman–Crippen MR) is 141 cm³/mol. The average molecular weight is 477 g/mol. The highest BCUT2D eigenvalue weighted by Crippen LogP contribution is 2.41. The molecule has 0 spiro atoms. The summed E-state index contributed by atoms with van der Waals surface area (Å²) in [6.07, 6.45) is 11.6. The number of nitrogens with zero attached hydrogens (tertiary/aromatic N) is 2. The van der Waals surface area contributed by atoms with E-state index in [2.05, 4.69) is 43.2 Å². The minimum Gasteiger partial charge on any atom is -0.404 e. The lowest BCUT2D eigenvalue weighted by Crippen LogP contribution is -2.50. The van der Waals surface area contributed by atoms with E-state index in [1.807, 2.05) is 37.4 Å². The number of hydrogen-bond acceptors (Lipinski definition) is 6. The highest BCUT2D eigenvalue weighted by atomic mass is 32.1. The lowest BCUT2D eigenvalue weighted by Gasteiger charge is -2.35. The van der Waals surface area contributed by atoms with Gasteiger partial charge in [0.15, 0.2) is 0 Å². The first kappa shape index (κ1) is 24.6. The summed E-state index contributed by atoms with van der Waals surface area (Å²) in [4.78, 5) is 10.4. The molecule has 0 amide bonds. The summed E-state index contributed by atoms with van der Waals surface area (Å²) in [5, 5.41) is 16.3. The van der Waals surface area contributed by atoms with E-state index in [1.54, 1.807) is 23.7 Å². The quantitative estimate of drug-likeness (QED) is 0.371.